The van der Waals surface area contributed by atoms with Crippen LogP contribution in [0, 0.1) is 35.3 Å². The molecular formula is C37H39F2N5O4. The standard InChI is InChI=1S/C37H39F2N5O4/c1-3-25-28(38)10-7-22-16-24(45)17-26(30(22)25)32-31(39)33-27(18-40-32)34(44-14-15-47-21-37(46,19-44)23-8-9-23)42-35(41-33)48-20-36-11-4-6-29(36)43(2)13-5-12-36/h1,7,10,16-18,23,29,45-46H,4-6,8-9,11-15,19-21H2,2H3/t29-,36-,37?/m1/s1. The minimum Gasteiger partial charge on any atom is -0.508 e. The molecule has 1 unspecified atom stereocenters. The van der Waals surface area contributed by atoms with Gasteiger partial charge in [0.15, 0.2) is 5.82 Å². The van der Waals surface area contributed by atoms with E-state index in [9.17, 15) is 14.6 Å². The van der Waals surface area contributed by atoms with Gasteiger partial charge in [-0.15, -0.1) is 6.42 Å². The summed E-state index contributed by atoms with van der Waals surface area (Å²) < 4.78 is 44.2. The number of halogens is 2. The molecule has 4 fully saturated rings. The molecule has 2 saturated heterocycles. The third-order valence-electron chi connectivity index (χ3n) is 11.1. The monoisotopic (exact) mass is 655 g/mol. The number of piperidine rings is 1. The molecular weight excluding hydrogens is 616 g/mol. The normalized spacial score (nSPS) is 26.4. The van der Waals surface area contributed by atoms with Crippen LogP contribution >= 0.6 is 0 Å². The van der Waals surface area contributed by atoms with Gasteiger partial charge < -0.3 is 29.5 Å². The fourth-order valence-electron chi connectivity index (χ4n) is 8.58. The van der Waals surface area contributed by atoms with Gasteiger partial charge in [0.2, 0.25) is 0 Å². The number of β-amino-alcohol motifs (C(OH)–C–C–N with tert-alkyl or cyclic N) is 1. The van der Waals surface area contributed by atoms with Crippen molar-refractivity contribution in [2.75, 3.05) is 51.4 Å². The third kappa shape index (κ3) is 5.21. The van der Waals surface area contributed by atoms with E-state index in [0.717, 1.165) is 51.5 Å². The molecule has 2 saturated carbocycles. The van der Waals surface area contributed by atoms with Crippen molar-refractivity contribution < 1.29 is 28.5 Å². The number of fused-ring (bicyclic) bond motifs is 3. The number of hydrogen-bond donors (Lipinski definition) is 2. The van der Waals surface area contributed by atoms with E-state index < -0.39 is 17.2 Å². The molecule has 2 aliphatic heterocycles. The van der Waals surface area contributed by atoms with Gasteiger partial charge in [0.05, 0.1) is 37.3 Å². The zero-order valence-corrected chi connectivity index (χ0v) is 27.0. The lowest BCUT2D eigenvalue weighted by molar-refractivity contribution is -0.0418. The first-order valence-corrected chi connectivity index (χ1v) is 16.9. The molecule has 0 amide bonds. The number of aromatic hydroxyl groups is 1. The van der Waals surface area contributed by atoms with Crippen LogP contribution in [0.1, 0.15) is 50.5 Å². The molecule has 2 N–H and O–H groups in total. The molecule has 3 atom stereocenters. The van der Waals surface area contributed by atoms with E-state index in [1.54, 1.807) is 0 Å². The maximum atomic E-state index is 17.0. The third-order valence-corrected chi connectivity index (χ3v) is 11.1. The van der Waals surface area contributed by atoms with Crippen LogP contribution in [0.4, 0.5) is 14.6 Å². The summed E-state index contributed by atoms with van der Waals surface area (Å²) in [7, 11) is 2.17. The maximum absolute atomic E-state index is 17.0. The zero-order valence-electron chi connectivity index (χ0n) is 27.0. The lowest BCUT2D eigenvalue weighted by Crippen LogP contribution is -2.50. The lowest BCUT2D eigenvalue weighted by atomic mass is 9.76. The second-order valence-electron chi connectivity index (χ2n) is 14.2. The Morgan fingerprint density at radius 1 is 1.12 bits per heavy atom. The quantitative estimate of drug-likeness (QED) is 0.263. The Bertz CT molecular complexity index is 1960. The Morgan fingerprint density at radius 3 is 2.77 bits per heavy atom. The van der Waals surface area contributed by atoms with Crippen molar-refractivity contribution in [2.45, 2.75) is 56.6 Å². The number of terminal acetylenes is 1. The summed E-state index contributed by atoms with van der Waals surface area (Å²) >= 11 is 0. The molecule has 250 valence electrons. The zero-order chi connectivity index (χ0) is 33.2. The fourth-order valence-corrected chi connectivity index (χ4v) is 8.58. The van der Waals surface area contributed by atoms with Crippen LogP contribution in [0.25, 0.3) is 32.9 Å². The number of phenols is 1. The smallest absolute Gasteiger partial charge is 0.319 e. The summed E-state index contributed by atoms with van der Waals surface area (Å²) in [6, 6.07) is 5.93. The minimum atomic E-state index is -1.07. The SMILES string of the molecule is C#Cc1c(F)ccc2cc(O)cc(-c3ncc4c(N5CCOCC(O)(C6CC6)C5)nc(OC[C@]56CCC[C@H]5N(C)CCC6)nc4c3F)c12. The Hall–Kier alpha value is -4.11. The number of aromatic nitrogens is 3. The van der Waals surface area contributed by atoms with Crippen LogP contribution in [0.5, 0.6) is 11.8 Å². The number of phenolic OH excluding ortho intramolecular Hbond substituents is 1. The molecule has 4 heterocycles. The Morgan fingerprint density at radius 2 is 1.96 bits per heavy atom. The summed E-state index contributed by atoms with van der Waals surface area (Å²) in [5.41, 5.74) is -1.19. The number of likely N-dealkylation sites (tertiary alicyclic amines) is 1. The van der Waals surface area contributed by atoms with E-state index in [1.165, 1.54) is 30.5 Å². The molecule has 2 aliphatic carbocycles. The lowest BCUT2D eigenvalue weighted by Gasteiger charge is -2.44. The molecule has 2 aromatic heterocycles. The first-order valence-electron chi connectivity index (χ1n) is 16.9. The van der Waals surface area contributed by atoms with Gasteiger partial charge in [-0.1, -0.05) is 18.4 Å². The molecule has 2 aromatic carbocycles. The van der Waals surface area contributed by atoms with E-state index in [1.807, 2.05) is 4.90 Å². The Labute approximate surface area is 277 Å². The number of pyridine rings is 1. The Kier molecular flexibility index (Phi) is 7.66. The highest BCUT2D eigenvalue weighted by Crippen LogP contribution is 2.48. The van der Waals surface area contributed by atoms with E-state index in [4.69, 9.17) is 20.9 Å². The van der Waals surface area contributed by atoms with E-state index in [2.05, 4.69) is 27.8 Å². The first-order chi connectivity index (χ1) is 23.2. The van der Waals surface area contributed by atoms with Crippen LogP contribution in [-0.2, 0) is 4.74 Å². The molecule has 0 bridgehead atoms. The fraction of sp³-hybridized carbons (Fsp3) is 0.486. The number of ether oxygens (including phenoxy) is 2. The highest BCUT2D eigenvalue weighted by molar-refractivity contribution is 6.03. The van der Waals surface area contributed by atoms with E-state index in [0.29, 0.717) is 42.4 Å². The van der Waals surface area contributed by atoms with Gasteiger partial charge in [0.25, 0.3) is 0 Å². The molecule has 4 aliphatic rings. The van der Waals surface area contributed by atoms with Crippen molar-refractivity contribution in [3.05, 3.63) is 47.7 Å². The van der Waals surface area contributed by atoms with Crippen molar-refractivity contribution in [1.82, 2.24) is 19.9 Å². The summed E-state index contributed by atoms with van der Waals surface area (Å²) in [6.07, 6.45) is 14.4. The number of hydrogen-bond acceptors (Lipinski definition) is 9. The van der Waals surface area contributed by atoms with Gasteiger partial charge in [0.1, 0.15) is 34.2 Å². The molecule has 48 heavy (non-hydrogen) atoms. The number of nitrogens with zero attached hydrogens (tertiary/aromatic N) is 5. The second-order valence-corrected chi connectivity index (χ2v) is 14.2. The number of aliphatic hydroxyl groups is 1. The van der Waals surface area contributed by atoms with Crippen LogP contribution in [0.2, 0.25) is 0 Å². The number of rotatable bonds is 6. The van der Waals surface area contributed by atoms with Gasteiger partial charge in [0, 0.05) is 35.1 Å². The van der Waals surface area contributed by atoms with Gasteiger partial charge in [-0.3, -0.25) is 4.98 Å². The predicted octanol–water partition coefficient (Wildman–Crippen LogP) is 5.43. The van der Waals surface area contributed by atoms with Crippen molar-refractivity contribution in [3.8, 4) is 35.4 Å². The van der Waals surface area contributed by atoms with E-state index >= 15 is 4.39 Å². The second kappa shape index (κ2) is 11.8. The first kappa shape index (κ1) is 31.2. The number of anilines is 1. The average Bonchev–Trinajstić information content (AvgIpc) is 3.88. The minimum absolute atomic E-state index is 0.0310. The topological polar surface area (TPSA) is 104 Å². The van der Waals surface area contributed by atoms with Crippen molar-refractivity contribution in [3.63, 3.8) is 0 Å². The van der Waals surface area contributed by atoms with Crippen molar-refractivity contribution in [2.24, 2.45) is 11.3 Å². The summed E-state index contributed by atoms with van der Waals surface area (Å²) in [4.78, 5) is 18.4. The van der Waals surface area contributed by atoms with E-state index in [-0.39, 0.29) is 64.0 Å². The van der Waals surface area contributed by atoms with Gasteiger partial charge >= 0.3 is 6.01 Å². The summed E-state index contributed by atoms with van der Waals surface area (Å²) in [5.74, 6) is 1.34. The molecule has 0 radical (unpaired) electrons. The van der Waals surface area contributed by atoms with Gasteiger partial charge in [-0.25, -0.2) is 8.78 Å². The van der Waals surface area contributed by atoms with Crippen LogP contribution in [0.3, 0.4) is 0 Å². The molecule has 0 spiro atoms. The summed E-state index contributed by atoms with van der Waals surface area (Å²) in [6.45, 7) is 2.71. The van der Waals surface area contributed by atoms with Crippen LogP contribution in [0.15, 0.2) is 30.5 Å². The Balaban J connectivity index is 1.28. The summed E-state index contributed by atoms with van der Waals surface area (Å²) in [5, 5.41) is 23.2. The molecule has 8 rings (SSSR count). The van der Waals surface area contributed by atoms with Crippen LogP contribution in [-0.4, -0.2) is 88.2 Å². The average molecular weight is 656 g/mol. The largest absolute Gasteiger partial charge is 0.508 e. The van der Waals surface area contributed by atoms with Crippen LogP contribution < -0.4 is 9.64 Å². The number of benzene rings is 2. The maximum Gasteiger partial charge on any atom is 0.319 e. The highest BCUT2D eigenvalue weighted by Gasteiger charge is 2.48. The van der Waals surface area contributed by atoms with Crippen molar-refractivity contribution >= 4 is 27.5 Å². The predicted molar refractivity (Wildman–Crippen MR) is 178 cm³/mol. The highest BCUT2D eigenvalue weighted by atomic mass is 19.1. The molecule has 11 heteroatoms. The molecule has 9 nitrogen and oxygen atoms in total. The molecule has 4 aromatic rings. The van der Waals surface area contributed by atoms with Gasteiger partial charge in [-0.05, 0) is 81.6 Å². The van der Waals surface area contributed by atoms with Crippen molar-refractivity contribution in [1.29, 1.82) is 0 Å². The van der Waals surface area contributed by atoms with Gasteiger partial charge in [-0.2, -0.15) is 9.97 Å².